The Balaban J connectivity index is 0. The third-order valence-corrected chi connectivity index (χ3v) is 1.62. The van der Waals surface area contributed by atoms with Crippen LogP contribution in [0.2, 0.25) is 0 Å². The van der Waals surface area contributed by atoms with Crippen molar-refractivity contribution >= 4 is 6.29 Å². The smallest absolute Gasteiger partial charge is 0.120 e. The van der Waals surface area contributed by atoms with Crippen molar-refractivity contribution in [3.63, 3.8) is 0 Å². The second-order valence-electron chi connectivity index (χ2n) is 2.88. The molecule has 0 aromatic heterocycles. The van der Waals surface area contributed by atoms with Crippen molar-refractivity contribution in [2.45, 2.75) is 19.3 Å². The van der Waals surface area contributed by atoms with E-state index in [1.165, 1.54) is 0 Å². The maximum atomic E-state index is 9.95. The number of rotatable bonds is 11. The van der Waals surface area contributed by atoms with Gasteiger partial charge in [0.05, 0.1) is 13.2 Å². The Hall–Kier alpha value is 0.264. The number of carbonyl (C=O) groups is 1. The van der Waals surface area contributed by atoms with Gasteiger partial charge < -0.3 is 19.0 Å². The van der Waals surface area contributed by atoms with Gasteiger partial charge >= 0.3 is 0 Å². The van der Waals surface area contributed by atoms with Gasteiger partial charge in [-0.2, -0.15) is 0 Å². The summed E-state index contributed by atoms with van der Waals surface area (Å²) in [4.78, 5) is 9.95. The number of hydrogen-bond donors (Lipinski definition) is 0. The summed E-state index contributed by atoms with van der Waals surface area (Å²) in [6.45, 7) is 3.35. The van der Waals surface area contributed by atoms with Crippen LogP contribution in [0.3, 0.4) is 0 Å². The van der Waals surface area contributed by atoms with Crippen LogP contribution in [0.25, 0.3) is 0 Å². The van der Waals surface area contributed by atoms with Gasteiger partial charge in [-0.1, -0.05) is 0 Å². The van der Waals surface area contributed by atoms with E-state index in [2.05, 4.69) is 0 Å². The predicted molar refractivity (Wildman–Crippen MR) is 53.4 cm³/mol. The number of unbranched alkanes of at least 4 members (excludes halogenated alkanes) is 1. The van der Waals surface area contributed by atoms with Gasteiger partial charge in [0.1, 0.15) is 6.29 Å². The summed E-state index contributed by atoms with van der Waals surface area (Å²) in [7, 11) is 1.65. The number of hydrogen-bond acceptors (Lipinski definition) is 4. The van der Waals surface area contributed by atoms with Gasteiger partial charge in [0.15, 0.2) is 0 Å². The Bertz CT molecular complexity index is 122. The minimum absolute atomic E-state index is 0. The Morgan fingerprint density at radius 2 is 1.53 bits per heavy atom. The van der Waals surface area contributed by atoms with E-state index < -0.39 is 0 Å². The van der Waals surface area contributed by atoms with E-state index in [9.17, 15) is 4.79 Å². The molecule has 0 saturated heterocycles. The van der Waals surface area contributed by atoms with Crippen LogP contribution in [0.5, 0.6) is 0 Å². The average molecular weight is 252 g/mol. The molecule has 0 aliphatic carbocycles. The molecule has 0 bridgehead atoms. The van der Waals surface area contributed by atoms with Gasteiger partial charge in [-0.3, -0.25) is 0 Å². The van der Waals surface area contributed by atoms with Crippen LogP contribution in [0, 0.1) is 0 Å². The standard InChI is InChI=1S/C10H20O4.Ti/c1-12-9-10-14-8-4-7-13-6-3-2-5-11;/h5H,2-4,6-10H2,1H3;. The Labute approximate surface area is 107 Å². The van der Waals surface area contributed by atoms with Crippen molar-refractivity contribution in [1.82, 2.24) is 0 Å². The number of methoxy groups -OCH3 is 1. The van der Waals surface area contributed by atoms with Gasteiger partial charge in [-0.25, -0.2) is 0 Å². The molecule has 88 valence electrons. The van der Waals surface area contributed by atoms with Gasteiger partial charge in [0.25, 0.3) is 0 Å². The molecule has 0 spiro atoms. The molecule has 0 aliphatic heterocycles. The van der Waals surface area contributed by atoms with Crippen LogP contribution < -0.4 is 0 Å². The van der Waals surface area contributed by atoms with Crippen molar-refractivity contribution in [1.29, 1.82) is 0 Å². The first-order valence-electron chi connectivity index (χ1n) is 5.00. The Kier molecular flexibility index (Phi) is 19.6. The molecule has 0 unspecified atom stereocenters. The van der Waals surface area contributed by atoms with Crippen molar-refractivity contribution in [3.05, 3.63) is 0 Å². The fourth-order valence-electron chi connectivity index (χ4n) is 0.878. The molecule has 0 rings (SSSR count). The Morgan fingerprint density at radius 3 is 2.13 bits per heavy atom. The van der Waals surface area contributed by atoms with E-state index in [0.717, 1.165) is 19.1 Å². The number of ether oxygens (including phenoxy) is 3. The third kappa shape index (κ3) is 16.9. The molecule has 4 nitrogen and oxygen atoms in total. The van der Waals surface area contributed by atoms with E-state index in [-0.39, 0.29) is 21.7 Å². The van der Waals surface area contributed by atoms with E-state index in [1.54, 1.807) is 7.11 Å². The van der Waals surface area contributed by atoms with Crippen LogP contribution in [0.15, 0.2) is 0 Å². The topological polar surface area (TPSA) is 44.8 Å². The number of aldehydes is 1. The van der Waals surface area contributed by atoms with Crippen LogP contribution >= 0.6 is 0 Å². The molecule has 0 aromatic rings. The zero-order valence-corrected chi connectivity index (χ0v) is 10.9. The van der Waals surface area contributed by atoms with Crippen LogP contribution in [0.1, 0.15) is 19.3 Å². The van der Waals surface area contributed by atoms with Crippen molar-refractivity contribution < 1.29 is 40.7 Å². The molecule has 15 heavy (non-hydrogen) atoms. The van der Waals surface area contributed by atoms with Gasteiger partial charge in [-0.05, 0) is 12.8 Å². The quantitative estimate of drug-likeness (QED) is 0.313. The monoisotopic (exact) mass is 252 g/mol. The van der Waals surface area contributed by atoms with E-state index in [0.29, 0.717) is 39.5 Å². The largest absolute Gasteiger partial charge is 0.382 e. The zero-order chi connectivity index (χ0) is 10.5. The first kappa shape index (κ1) is 17.7. The number of carbonyl (C=O) groups excluding carboxylic acids is 1. The predicted octanol–water partition coefficient (Wildman–Crippen LogP) is 1.03. The van der Waals surface area contributed by atoms with Crippen LogP contribution in [0.4, 0.5) is 0 Å². The summed E-state index contributed by atoms with van der Waals surface area (Å²) in [5.74, 6) is 0. The fraction of sp³-hybridized carbons (Fsp3) is 0.900. The molecule has 0 atom stereocenters. The SMILES string of the molecule is COCCOCCCOCCCC=O.[Ti]. The second kappa shape index (κ2) is 16.7. The normalized spacial score (nSPS) is 9.67. The second-order valence-corrected chi connectivity index (χ2v) is 2.88. The first-order chi connectivity index (χ1) is 6.91. The molecule has 0 aromatic carbocycles. The zero-order valence-electron chi connectivity index (χ0n) is 9.37. The minimum Gasteiger partial charge on any atom is -0.382 e. The summed E-state index contributed by atoms with van der Waals surface area (Å²) >= 11 is 0. The summed E-state index contributed by atoms with van der Waals surface area (Å²) in [6.07, 6.45) is 3.21. The van der Waals surface area contributed by atoms with Gasteiger partial charge in [0.2, 0.25) is 0 Å². The third-order valence-electron chi connectivity index (χ3n) is 1.62. The van der Waals surface area contributed by atoms with E-state index in [4.69, 9.17) is 14.2 Å². The maximum absolute atomic E-state index is 9.95. The van der Waals surface area contributed by atoms with Crippen molar-refractivity contribution in [2.24, 2.45) is 0 Å². The summed E-state index contributed by atoms with van der Waals surface area (Å²) in [6, 6.07) is 0. The molecule has 5 heteroatoms. The van der Waals surface area contributed by atoms with Crippen LogP contribution in [-0.4, -0.2) is 46.4 Å². The fourth-order valence-corrected chi connectivity index (χ4v) is 0.878. The van der Waals surface area contributed by atoms with Gasteiger partial charge in [0, 0.05) is 55.1 Å². The molecular weight excluding hydrogens is 232 g/mol. The molecule has 0 fully saturated rings. The summed E-state index contributed by atoms with van der Waals surface area (Å²) in [5.41, 5.74) is 0. The van der Waals surface area contributed by atoms with Crippen LogP contribution in [-0.2, 0) is 40.7 Å². The minimum atomic E-state index is 0. The van der Waals surface area contributed by atoms with Gasteiger partial charge in [-0.15, -0.1) is 0 Å². The molecule has 0 amide bonds. The average Bonchev–Trinajstić information content (AvgIpc) is 2.21. The maximum Gasteiger partial charge on any atom is 0.120 e. The molecule has 0 aliphatic rings. The van der Waals surface area contributed by atoms with Crippen molar-refractivity contribution in [3.8, 4) is 0 Å². The first-order valence-corrected chi connectivity index (χ1v) is 5.00. The molecule has 0 radical (unpaired) electrons. The summed E-state index contributed by atoms with van der Waals surface area (Å²) in [5, 5.41) is 0. The molecule has 0 saturated carbocycles. The van der Waals surface area contributed by atoms with E-state index in [1.807, 2.05) is 0 Å². The van der Waals surface area contributed by atoms with E-state index >= 15 is 0 Å². The Morgan fingerprint density at radius 1 is 0.933 bits per heavy atom. The molecular formula is C10H20O4Ti. The summed E-state index contributed by atoms with van der Waals surface area (Å²) < 4.78 is 15.3. The molecule has 0 N–H and O–H groups in total. The van der Waals surface area contributed by atoms with Crippen molar-refractivity contribution in [2.75, 3.05) is 40.1 Å². The molecule has 0 heterocycles.